The van der Waals surface area contributed by atoms with Crippen LogP contribution in [0.1, 0.15) is 12.5 Å². The van der Waals surface area contributed by atoms with Crippen LogP contribution in [-0.2, 0) is 16.1 Å². The Kier molecular flexibility index (Phi) is 3.74. The molecule has 1 aromatic heterocycles. The first-order chi connectivity index (χ1) is 7.60. The van der Waals surface area contributed by atoms with Crippen LogP contribution in [0.5, 0.6) is 0 Å². The lowest BCUT2D eigenvalue weighted by molar-refractivity contribution is -0.133. The predicted molar refractivity (Wildman–Crippen MR) is 53.3 cm³/mol. The molecule has 0 aromatic carbocycles. The predicted octanol–water partition coefficient (Wildman–Crippen LogP) is -0.725. The fraction of sp³-hybridized carbons (Fsp3) is 0.333. The maximum absolute atomic E-state index is 11.2. The fourth-order valence-electron chi connectivity index (χ4n) is 1.06. The highest BCUT2D eigenvalue weighted by Gasteiger charge is 2.15. The largest absolute Gasteiger partial charge is 0.394 e. The summed E-state index contributed by atoms with van der Waals surface area (Å²) in [5.74, 6) is -1.37. The number of anilines is 1. The van der Waals surface area contributed by atoms with E-state index in [2.05, 4.69) is 10.4 Å². The molecular formula is C9H10N4O3. The van der Waals surface area contributed by atoms with Gasteiger partial charge in [-0.15, -0.1) is 0 Å². The van der Waals surface area contributed by atoms with E-state index >= 15 is 0 Å². The summed E-state index contributed by atoms with van der Waals surface area (Å²) in [6.07, 6.45) is 1.26. The molecule has 1 aromatic rings. The fourth-order valence-corrected chi connectivity index (χ4v) is 1.06. The second kappa shape index (κ2) is 5.04. The molecule has 0 saturated heterocycles. The van der Waals surface area contributed by atoms with E-state index < -0.39 is 11.7 Å². The molecular weight excluding hydrogens is 212 g/mol. The zero-order chi connectivity index (χ0) is 12.1. The number of hydrogen-bond acceptors (Lipinski definition) is 5. The van der Waals surface area contributed by atoms with Crippen molar-refractivity contribution in [1.29, 1.82) is 5.26 Å². The minimum Gasteiger partial charge on any atom is -0.394 e. The number of aliphatic hydroxyl groups excluding tert-OH is 1. The van der Waals surface area contributed by atoms with Crippen molar-refractivity contribution in [2.45, 2.75) is 13.5 Å². The molecule has 84 valence electrons. The van der Waals surface area contributed by atoms with Gasteiger partial charge in [-0.1, -0.05) is 0 Å². The van der Waals surface area contributed by atoms with Gasteiger partial charge in [0.1, 0.15) is 17.5 Å². The van der Waals surface area contributed by atoms with E-state index in [4.69, 9.17) is 10.4 Å². The number of hydrogen-bond donors (Lipinski definition) is 2. The third-order valence-corrected chi connectivity index (χ3v) is 1.82. The smallest absolute Gasteiger partial charge is 0.292 e. The summed E-state index contributed by atoms with van der Waals surface area (Å²) in [4.78, 5) is 21.9. The standard InChI is InChI=1S/C9H10N4O3/c1-6(15)9(16)12-8-7(4-10)5-11-13(8)2-3-14/h5,14H,2-3H2,1H3,(H,12,16). The maximum atomic E-state index is 11.2. The number of Topliss-reactive ketones (excluding diaryl/α,β-unsaturated/α-hetero) is 1. The Morgan fingerprint density at radius 3 is 2.88 bits per heavy atom. The maximum Gasteiger partial charge on any atom is 0.292 e. The van der Waals surface area contributed by atoms with E-state index in [1.807, 2.05) is 6.07 Å². The molecule has 0 radical (unpaired) electrons. The first-order valence-electron chi connectivity index (χ1n) is 4.48. The van der Waals surface area contributed by atoms with Crippen molar-refractivity contribution in [3.63, 3.8) is 0 Å². The Balaban J connectivity index is 3.00. The number of nitrogens with one attached hydrogen (secondary N) is 1. The third kappa shape index (κ3) is 2.43. The molecule has 1 rings (SSSR count). The summed E-state index contributed by atoms with van der Waals surface area (Å²) in [5.41, 5.74) is 0.142. The van der Waals surface area contributed by atoms with Crippen LogP contribution < -0.4 is 5.32 Å². The van der Waals surface area contributed by atoms with E-state index in [0.717, 1.165) is 6.92 Å². The van der Waals surface area contributed by atoms with Crippen molar-refractivity contribution in [2.24, 2.45) is 0 Å². The monoisotopic (exact) mass is 222 g/mol. The van der Waals surface area contributed by atoms with Crippen molar-refractivity contribution in [1.82, 2.24) is 9.78 Å². The molecule has 0 aliphatic heterocycles. The molecule has 1 heterocycles. The second-order valence-corrected chi connectivity index (χ2v) is 2.98. The van der Waals surface area contributed by atoms with E-state index in [1.54, 1.807) is 0 Å². The van der Waals surface area contributed by atoms with Gasteiger partial charge in [0.05, 0.1) is 19.3 Å². The first-order valence-corrected chi connectivity index (χ1v) is 4.48. The van der Waals surface area contributed by atoms with Crippen molar-refractivity contribution < 1.29 is 14.7 Å². The van der Waals surface area contributed by atoms with E-state index in [9.17, 15) is 9.59 Å². The Bertz CT molecular complexity index is 458. The first kappa shape index (κ1) is 11.9. The van der Waals surface area contributed by atoms with Crippen LogP contribution in [0.3, 0.4) is 0 Å². The lowest BCUT2D eigenvalue weighted by Crippen LogP contribution is -2.23. The summed E-state index contributed by atoms with van der Waals surface area (Å²) in [6, 6.07) is 1.83. The topological polar surface area (TPSA) is 108 Å². The highest BCUT2D eigenvalue weighted by Crippen LogP contribution is 2.13. The Morgan fingerprint density at radius 2 is 2.38 bits per heavy atom. The van der Waals surface area contributed by atoms with Gasteiger partial charge in [-0.25, -0.2) is 4.68 Å². The summed E-state index contributed by atoms with van der Waals surface area (Å²) in [5, 5.41) is 23.6. The Morgan fingerprint density at radius 1 is 1.69 bits per heavy atom. The second-order valence-electron chi connectivity index (χ2n) is 2.98. The van der Waals surface area contributed by atoms with Gasteiger partial charge in [0.25, 0.3) is 5.91 Å². The van der Waals surface area contributed by atoms with Gasteiger partial charge in [0, 0.05) is 6.92 Å². The molecule has 7 heteroatoms. The van der Waals surface area contributed by atoms with Gasteiger partial charge in [0.15, 0.2) is 0 Å². The zero-order valence-corrected chi connectivity index (χ0v) is 8.60. The molecule has 0 aliphatic carbocycles. The quantitative estimate of drug-likeness (QED) is 0.653. The molecule has 0 bridgehead atoms. The molecule has 0 aliphatic rings. The van der Waals surface area contributed by atoms with Gasteiger partial charge in [0.2, 0.25) is 5.78 Å². The van der Waals surface area contributed by atoms with Crippen LogP contribution in [0.25, 0.3) is 0 Å². The number of amides is 1. The highest BCUT2D eigenvalue weighted by atomic mass is 16.3. The number of nitrogens with zero attached hydrogens (tertiary/aromatic N) is 3. The number of ketones is 1. The van der Waals surface area contributed by atoms with Gasteiger partial charge in [-0.05, 0) is 0 Å². The average molecular weight is 222 g/mol. The van der Waals surface area contributed by atoms with Crippen molar-refractivity contribution in [3.8, 4) is 6.07 Å². The molecule has 0 fully saturated rings. The lowest BCUT2D eigenvalue weighted by atomic mass is 10.3. The number of rotatable bonds is 4. The van der Waals surface area contributed by atoms with Gasteiger partial charge >= 0.3 is 0 Å². The number of carbonyl (C=O) groups is 2. The number of aliphatic hydroxyl groups is 1. The Hall–Kier alpha value is -2.20. The van der Waals surface area contributed by atoms with Crippen LogP contribution in [0.15, 0.2) is 6.20 Å². The molecule has 0 spiro atoms. The molecule has 16 heavy (non-hydrogen) atoms. The van der Waals surface area contributed by atoms with E-state index in [1.165, 1.54) is 10.9 Å². The van der Waals surface area contributed by atoms with Crippen LogP contribution in [0.4, 0.5) is 5.82 Å². The van der Waals surface area contributed by atoms with Crippen LogP contribution in [0, 0.1) is 11.3 Å². The lowest BCUT2D eigenvalue weighted by Gasteiger charge is -2.06. The minimum absolute atomic E-state index is 0.122. The van der Waals surface area contributed by atoms with Crippen LogP contribution >= 0.6 is 0 Å². The summed E-state index contributed by atoms with van der Waals surface area (Å²) in [6.45, 7) is 1.07. The van der Waals surface area contributed by atoms with Crippen molar-refractivity contribution >= 4 is 17.5 Å². The van der Waals surface area contributed by atoms with Gasteiger partial charge in [-0.3, -0.25) is 9.59 Å². The van der Waals surface area contributed by atoms with E-state index in [0.29, 0.717) is 0 Å². The van der Waals surface area contributed by atoms with Gasteiger partial charge in [-0.2, -0.15) is 10.4 Å². The molecule has 0 saturated carbocycles. The summed E-state index contributed by atoms with van der Waals surface area (Å²) < 4.78 is 1.25. The normalized spacial score (nSPS) is 9.56. The average Bonchev–Trinajstić information content (AvgIpc) is 2.61. The van der Waals surface area contributed by atoms with Gasteiger partial charge < -0.3 is 10.4 Å². The third-order valence-electron chi connectivity index (χ3n) is 1.82. The molecule has 2 N–H and O–H groups in total. The minimum atomic E-state index is -0.823. The summed E-state index contributed by atoms with van der Waals surface area (Å²) >= 11 is 0. The molecule has 0 atom stereocenters. The van der Waals surface area contributed by atoms with Crippen molar-refractivity contribution in [3.05, 3.63) is 11.8 Å². The van der Waals surface area contributed by atoms with E-state index in [-0.39, 0.29) is 24.5 Å². The summed E-state index contributed by atoms with van der Waals surface area (Å²) in [7, 11) is 0. The highest BCUT2D eigenvalue weighted by molar-refractivity contribution is 6.39. The zero-order valence-electron chi connectivity index (χ0n) is 8.60. The Labute approximate surface area is 91.3 Å². The van der Waals surface area contributed by atoms with Crippen LogP contribution in [0.2, 0.25) is 0 Å². The van der Waals surface area contributed by atoms with Crippen molar-refractivity contribution in [2.75, 3.05) is 11.9 Å². The molecule has 1 amide bonds. The SMILES string of the molecule is CC(=O)C(=O)Nc1c(C#N)cnn1CCO. The number of nitriles is 1. The van der Waals surface area contributed by atoms with Crippen LogP contribution in [-0.4, -0.2) is 33.2 Å². The number of carbonyl (C=O) groups excluding carboxylic acids is 2. The molecule has 7 nitrogen and oxygen atoms in total. The molecule has 0 unspecified atom stereocenters. The number of aromatic nitrogens is 2.